The van der Waals surface area contributed by atoms with Crippen molar-refractivity contribution in [1.29, 1.82) is 0 Å². The van der Waals surface area contributed by atoms with E-state index in [0.29, 0.717) is 6.04 Å². The first kappa shape index (κ1) is 8.75. The minimum absolute atomic E-state index is 0.327. The van der Waals surface area contributed by atoms with Gasteiger partial charge in [-0.3, -0.25) is 0 Å². The van der Waals surface area contributed by atoms with Crippen LogP contribution in [0.1, 0.15) is 25.6 Å². The maximum atomic E-state index is 6.04. The minimum atomic E-state index is 0.327. The first-order chi connectivity index (χ1) is 6.31. The first-order valence-electron chi connectivity index (χ1n) is 5.07. The highest BCUT2D eigenvalue weighted by atomic mass is 15.1. The summed E-state index contributed by atoms with van der Waals surface area (Å²) >= 11 is 0. The van der Waals surface area contributed by atoms with Gasteiger partial charge < -0.3 is 10.3 Å². The smallest absolute Gasteiger partial charge is 0.110 e. The zero-order valence-electron chi connectivity index (χ0n) is 8.11. The summed E-state index contributed by atoms with van der Waals surface area (Å²) in [4.78, 5) is 4.32. The van der Waals surface area contributed by atoms with Crippen molar-refractivity contribution in [2.24, 2.45) is 11.7 Å². The fourth-order valence-corrected chi connectivity index (χ4v) is 1.72. The van der Waals surface area contributed by atoms with Gasteiger partial charge in [0.05, 0.1) is 0 Å². The normalized spacial score (nSPS) is 18.9. The van der Waals surface area contributed by atoms with Crippen molar-refractivity contribution < 1.29 is 0 Å². The van der Waals surface area contributed by atoms with Crippen molar-refractivity contribution >= 4 is 0 Å². The number of hydrogen-bond donors (Lipinski definition) is 1. The van der Waals surface area contributed by atoms with Crippen LogP contribution in [0.5, 0.6) is 0 Å². The maximum absolute atomic E-state index is 6.04. The average molecular weight is 179 g/mol. The number of aryl methyl sites for hydroxylation is 1. The Morgan fingerprint density at radius 2 is 2.46 bits per heavy atom. The highest BCUT2D eigenvalue weighted by Crippen LogP contribution is 2.32. The molecule has 0 aromatic carbocycles. The van der Waals surface area contributed by atoms with Crippen LogP contribution in [0.4, 0.5) is 0 Å². The van der Waals surface area contributed by atoms with E-state index in [1.807, 2.05) is 12.4 Å². The SMILES string of the molecule is CCn1ccnc1CC(N)C1CC1. The second-order valence-corrected chi connectivity index (χ2v) is 3.83. The van der Waals surface area contributed by atoms with E-state index in [-0.39, 0.29) is 0 Å². The van der Waals surface area contributed by atoms with Crippen LogP contribution in [0.2, 0.25) is 0 Å². The van der Waals surface area contributed by atoms with Gasteiger partial charge in [0.25, 0.3) is 0 Å². The fourth-order valence-electron chi connectivity index (χ4n) is 1.72. The Kier molecular flexibility index (Phi) is 2.36. The van der Waals surface area contributed by atoms with E-state index in [2.05, 4.69) is 16.5 Å². The molecule has 2 N–H and O–H groups in total. The van der Waals surface area contributed by atoms with E-state index in [4.69, 9.17) is 5.73 Å². The van der Waals surface area contributed by atoms with E-state index in [1.54, 1.807) is 0 Å². The van der Waals surface area contributed by atoms with Gasteiger partial charge in [-0.15, -0.1) is 0 Å². The lowest BCUT2D eigenvalue weighted by molar-refractivity contribution is 0.554. The monoisotopic (exact) mass is 179 g/mol. The zero-order valence-corrected chi connectivity index (χ0v) is 8.11. The molecule has 1 aromatic heterocycles. The summed E-state index contributed by atoms with van der Waals surface area (Å²) in [5, 5.41) is 0. The molecule has 1 aliphatic carbocycles. The molecule has 0 saturated heterocycles. The summed E-state index contributed by atoms with van der Waals surface area (Å²) in [6, 6.07) is 0.327. The van der Waals surface area contributed by atoms with Crippen LogP contribution in [0, 0.1) is 5.92 Å². The fraction of sp³-hybridized carbons (Fsp3) is 0.700. The molecule has 13 heavy (non-hydrogen) atoms. The van der Waals surface area contributed by atoms with Crippen LogP contribution in [0.3, 0.4) is 0 Å². The summed E-state index contributed by atoms with van der Waals surface area (Å²) < 4.78 is 2.17. The molecule has 1 saturated carbocycles. The molecule has 1 unspecified atom stereocenters. The van der Waals surface area contributed by atoms with Gasteiger partial charge in [0.2, 0.25) is 0 Å². The van der Waals surface area contributed by atoms with Crippen LogP contribution in [0.25, 0.3) is 0 Å². The van der Waals surface area contributed by atoms with Crippen LogP contribution in [-0.2, 0) is 13.0 Å². The topological polar surface area (TPSA) is 43.8 Å². The van der Waals surface area contributed by atoms with Crippen molar-refractivity contribution in [3.8, 4) is 0 Å². The molecule has 0 spiro atoms. The molecule has 0 amide bonds. The summed E-state index contributed by atoms with van der Waals surface area (Å²) in [5.41, 5.74) is 6.04. The standard InChI is InChI=1S/C10H17N3/c1-2-13-6-5-12-10(13)7-9(11)8-3-4-8/h5-6,8-9H,2-4,7,11H2,1H3. The van der Waals surface area contributed by atoms with Gasteiger partial charge in [0.1, 0.15) is 5.82 Å². The van der Waals surface area contributed by atoms with Crippen molar-refractivity contribution in [3.05, 3.63) is 18.2 Å². The van der Waals surface area contributed by atoms with Crippen LogP contribution in [-0.4, -0.2) is 15.6 Å². The average Bonchev–Trinajstić information content (AvgIpc) is 2.88. The van der Waals surface area contributed by atoms with Gasteiger partial charge in [-0.2, -0.15) is 0 Å². The van der Waals surface area contributed by atoms with Crippen LogP contribution < -0.4 is 5.73 Å². The Morgan fingerprint density at radius 3 is 3.08 bits per heavy atom. The lowest BCUT2D eigenvalue weighted by atomic mass is 10.1. The predicted molar refractivity (Wildman–Crippen MR) is 52.3 cm³/mol. The van der Waals surface area contributed by atoms with E-state index in [9.17, 15) is 0 Å². The van der Waals surface area contributed by atoms with Gasteiger partial charge in [0.15, 0.2) is 0 Å². The summed E-state index contributed by atoms with van der Waals surface area (Å²) in [5.74, 6) is 1.91. The third-order valence-electron chi connectivity index (χ3n) is 2.79. The molecular formula is C10H17N3. The highest BCUT2D eigenvalue weighted by molar-refractivity contribution is 4.98. The molecule has 3 nitrogen and oxygen atoms in total. The van der Waals surface area contributed by atoms with Crippen molar-refractivity contribution in [2.45, 2.75) is 38.8 Å². The molecule has 2 rings (SSSR count). The number of aromatic nitrogens is 2. The van der Waals surface area contributed by atoms with Gasteiger partial charge in [-0.05, 0) is 25.7 Å². The Balaban J connectivity index is 1.99. The quantitative estimate of drug-likeness (QED) is 0.754. The van der Waals surface area contributed by atoms with Crippen LogP contribution in [0.15, 0.2) is 12.4 Å². The Hall–Kier alpha value is -0.830. The number of nitrogens with zero attached hydrogens (tertiary/aromatic N) is 2. The molecule has 1 aliphatic rings. The number of nitrogens with two attached hydrogens (primary N) is 1. The third-order valence-corrected chi connectivity index (χ3v) is 2.79. The van der Waals surface area contributed by atoms with Gasteiger partial charge in [-0.1, -0.05) is 0 Å². The maximum Gasteiger partial charge on any atom is 0.110 e. The zero-order chi connectivity index (χ0) is 9.26. The molecule has 1 heterocycles. The third kappa shape index (κ3) is 1.91. The lowest BCUT2D eigenvalue weighted by Gasteiger charge is -2.10. The molecular weight excluding hydrogens is 162 g/mol. The van der Waals surface area contributed by atoms with E-state index >= 15 is 0 Å². The van der Waals surface area contributed by atoms with Gasteiger partial charge in [0, 0.05) is 31.4 Å². The molecule has 0 radical (unpaired) electrons. The molecule has 3 heteroatoms. The lowest BCUT2D eigenvalue weighted by Crippen LogP contribution is -2.26. The molecule has 72 valence electrons. The van der Waals surface area contributed by atoms with E-state index in [1.165, 1.54) is 12.8 Å². The van der Waals surface area contributed by atoms with Crippen molar-refractivity contribution in [3.63, 3.8) is 0 Å². The highest BCUT2D eigenvalue weighted by Gasteiger charge is 2.29. The number of rotatable bonds is 4. The summed E-state index contributed by atoms with van der Waals surface area (Å²) in [6.45, 7) is 3.13. The van der Waals surface area contributed by atoms with E-state index in [0.717, 1.165) is 24.7 Å². The number of imidazole rings is 1. The van der Waals surface area contributed by atoms with Crippen molar-refractivity contribution in [1.82, 2.24) is 9.55 Å². The predicted octanol–water partition coefficient (Wildman–Crippen LogP) is 1.18. The molecule has 0 aliphatic heterocycles. The van der Waals surface area contributed by atoms with Crippen molar-refractivity contribution in [2.75, 3.05) is 0 Å². The second-order valence-electron chi connectivity index (χ2n) is 3.83. The van der Waals surface area contributed by atoms with Gasteiger partial charge in [-0.25, -0.2) is 4.98 Å². The minimum Gasteiger partial charge on any atom is -0.335 e. The Labute approximate surface area is 79.0 Å². The number of hydrogen-bond acceptors (Lipinski definition) is 2. The van der Waals surface area contributed by atoms with E-state index < -0.39 is 0 Å². The summed E-state index contributed by atoms with van der Waals surface area (Å²) in [7, 11) is 0. The Morgan fingerprint density at radius 1 is 1.69 bits per heavy atom. The van der Waals surface area contributed by atoms with Gasteiger partial charge >= 0.3 is 0 Å². The largest absolute Gasteiger partial charge is 0.335 e. The molecule has 1 atom stereocenters. The second kappa shape index (κ2) is 3.50. The summed E-state index contributed by atoms with van der Waals surface area (Å²) in [6.07, 6.45) is 7.45. The first-order valence-corrected chi connectivity index (χ1v) is 5.07. The molecule has 1 aromatic rings. The molecule has 1 fully saturated rings. The van der Waals surface area contributed by atoms with Crippen LogP contribution >= 0.6 is 0 Å². The molecule has 0 bridgehead atoms. The Bertz CT molecular complexity index is 275.